The van der Waals surface area contributed by atoms with E-state index in [2.05, 4.69) is 10.5 Å². The molecule has 1 heterocycles. The van der Waals surface area contributed by atoms with Gasteiger partial charge in [-0.05, 0) is 0 Å². The first kappa shape index (κ1) is 19.0. The fraction of sp³-hybridized carbons (Fsp3) is 0.615. The summed E-state index contributed by atoms with van der Waals surface area (Å²) in [6.45, 7) is 1.54. The summed E-state index contributed by atoms with van der Waals surface area (Å²) in [5.74, 6) is -0.355. The smallest absolute Gasteiger partial charge is 0.330 e. The van der Waals surface area contributed by atoms with Gasteiger partial charge in [-0.25, -0.2) is 10.3 Å². The lowest BCUT2D eigenvalue weighted by Crippen LogP contribution is -2.39. The number of ether oxygens (including phenoxy) is 3. The van der Waals surface area contributed by atoms with Crippen molar-refractivity contribution >= 4 is 5.91 Å². The number of hydrogen-bond donors (Lipinski definition) is 2. The Bertz CT molecular complexity index is 598. The summed E-state index contributed by atoms with van der Waals surface area (Å²) < 4.78 is 17.0. The molecule has 1 aromatic rings. The Morgan fingerprint density at radius 2 is 1.96 bits per heavy atom. The van der Waals surface area contributed by atoms with Crippen LogP contribution in [0.1, 0.15) is 13.2 Å². The number of carbonyl (C=O) groups is 1. The van der Waals surface area contributed by atoms with Gasteiger partial charge in [-0.1, -0.05) is 0 Å². The number of aromatic amines is 1. The van der Waals surface area contributed by atoms with Crippen LogP contribution in [0.15, 0.2) is 21.9 Å². The molecule has 0 aromatic carbocycles. The summed E-state index contributed by atoms with van der Waals surface area (Å²) >= 11 is 0. The van der Waals surface area contributed by atoms with Crippen LogP contribution >= 0.6 is 0 Å². The van der Waals surface area contributed by atoms with Crippen LogP contribution in [-0.2, 0) is 23.8 Å². The predicted octanol–water partition coefficient (Wildman–Crippen LogP) is -1.22. The first-order valence-corrected chi connectivity index (χ1v) is 6.81. The van der Waals surface area contributed by atoms with Gasteiger partial charge in [0.25, 0.3) is 5.56 Å². The fourth-order valence-electron chi connectivity index (χ4n) is 1.75. The summed E-state index contributed by atoms with van der Waals surface area (Å²) in [5, 5.41) is 0. The minimum absolute atomic E-state index is 0.00569. The molecule has 0 aliphatic carbocycles. The van der Waals surface area contributed by atoms with Crippen LogP contribution in [0.4, 0.5) is 0 Å². The normalized spacial score (nSPS) is 13.5. The number of nitrogens with zero attached hydrogens (tertiary/aromatic N) is 1. The van der Waals surface area contributed by atoms with Crippen molar-refractivity contribution in [3.8, 4) is 0 Å². The number of amides is 1. The number of methoxy groups -OCH3 is 2. The minimum Gasteiger partial charge on any atom is -0.382 e. The molecule has 1 aromatic heterocycles. The Labute approximate surface area is 132 Å². The third-order valence-corrected chi connectivity index (χ3v) is 2.66. The number of hydroxylamine groups is 1. The molecule has 1 amide bonds. The maximum atomic E-state index is 11.9. The number of carbonyl (C=O) groups excluding carboxylic acids is 1. The van der Waals surface area contributed by atoms with Crippen molar-refractivity contribution in [2.75, 3.05) is 34.0 Å². The first-order chi connectivity index (χ1) is 11.0. The van der Waals surface area contributed by atoms with Gasteiger partial charge in [0.15, 0.2) is 6.23 Å². The summed E-state index contributed by atoms with van der Waals surface area (Å²) in [6.07, 6.45) is -0.0695. The molecule has 0 aliphatic heterocycles. The van der Waals surface area contributed by atoms with Gasteiger partial charge in [0.1, 0.15) is 12.7 Å². The zero-order chi connectivity index (χ0) is 17.2. The van der Waals surface area contributed by atoms with E-state index in [1.807, 2.05) is 0 Å². The predicted molar refractivity (Wildman–Crippen MR) is 78.8 cm³/mol. The van der Waals surface area contributed by atoms with E-state index in [9.17, 15) is 14.4 Å². The van der Waals surface area contributed by atoms with Crippen LogP contribution in [0.25, 0.3) is 0 Å². The highest BCUT2D eigenvalue weighted by molar-refractivity contribution is 5.71. The van der Waals surface area contributed by atoms with Crippen molar-refractivity contribution in [2.45, 2.75) is 19.3 Å². The second kappa shape index (κ2) is 9.90. The molecule has 10 heteroatoms. The number of H-pyrrole nitrogens is 1. The number of rotatable bonds is 10. The van der Waals surface area contributed by atoms with E-state index in [1.54, 1.807) is 0 Å². The zero-order valence-corrected chi connectivity index (χ0v) is 13.2. The van der Waals surface area contributed by atoms with Gasteiger partial charge in [-0.2, -0.15) is 0 Å². The monoisotopic (exact) mass is 331 g/mol. The topological polar surface area (TPSA) is 121 Å². The van der Waals surface area contributed by atoms with Crippen molar-refractivity contribution in [3.05, 3.63) is 33.1 Å². The molecule has 0 saturated heterocycles. The molecule has 0 unspecified atom stereocenters. The summed E-state index contributed by atoms with van der Waals surface area (Å²) in [7, 11) is 2.93. The van der Waals surface area contributed by atoms with Gasteiger partial charge in [0, 0.05) is 33.4 Å². The van der Waals surface area contributed by atoms with Crippen LogP contribution in [0.2, 0.25) is 0 Å². The van der Waals surface area contributed by atoms with E-state index in [0.29, 0.717) is 0 Å². The van der Waals surface area contributed by atoms with E-state index in [1.165, 1.54) is 38.0 Å². The molecule has 130 valence electrons. The first-order valence-electron chi connectivity index (χ1n) is 6.81. The average molecular weight is 331 g/mol. The van der Waals surface area contributed by atoms with Crippen molar-refractivity contribution in [1.29, 1.82) is 0 Å². The largest absolute Gasteiger partial charge is 0.382 e. The molecule has 10 nitrogen and oxygen atoms in total. The quantitative estimate of drug-likeness (QED) is 0.516. The molecule has 0 fully saturated rings. The van der Waals surface area contributed by atoms with E-state index >= 15 is 0 Å². The minimum atomic E-state index is -0.801. The van der Waals surface area contributed by atoms with E-state index in [4.69, 9.17) is 19.0 Å². The second-order valence-corrected chi connectivity index (χ2v) is 4.61. The molecule has 2 atom stereocenters. The number of nitrogens with one attached hydrogen (secondary N) is 2. The highest BCUT2D eigenvalue weighted by Gasteiger charge is 2.20. The molecule has 0 bridgehead atoms. The van der Waals surface area contributed by atoms with Crippen LogP contribution in [-0.4, -0.2) is 55.6 Å². The summed E-state index contributed by atoms with van der Waals surface area (Å²) in [6, 6.07) is 1.20. The van der Waals surface area contributed by atoms with Crippen LogP contribution < -0.4 is 16.7 Å². The molecule has 2 N–H and O–H groups in total. The van der Waals surface area contributed by atoms with E-state index in [-0.39, 0.29) is 25.7 Å². The van der Waals surface area contributed by atoms with Gasteiger partial charge in [0.05, 0.1) is 13.2 Å². The average Bonchev–Trinajstić information content (AvgIpc) is 2.46. The second-order valence-electron chi connectivity index (χ2n) is 4.61. The third-order valence-electron chi connectivity index (χ3n) is 2.66. The molecule has 0 aliphatic rings. The maximum Gasteiger partial charge on any atom is 0.330 e. The summed E-state index contributed by atoms with van der Waals surface area (Å²) in [4.78, 5) is 40.9. The van der Waals surface area contributed by atoms with Crippen molar-refractivity contribution in [3.63, 3.8) is 0 Å². The summed E-state index contributed by atoms with van der Waals surface area (Å²) in [5.41, 5.74) is 1.04. The Balaban J connectivity index is 2.83. The SMILES string of the molecule is COC[C@@H](CONC(C)=O)O[C@H](COC)n1ccc(=O)[nH]c1=O. The molecule has 0 radical (unpaired) electrons. The van der Waals surface area contributed by atoms with E-state index < -0.39 is 23.6 Å². The van der Waals surface area contributed by atoms with Gasteiger partial charge < -0.3 is 14.2 Å². The fourth-order valence-corrected chi connectivity index (χ4v) is 1.75. The van der Waals surface area contributed by atoms with Crippen LogP contribution in [0.3, 0.4) is 0 Å². The van der Waals surface area contributed by atoms with Gasteiger partial charge >= 0.3 is 5.69 Å². The highest BCUT2D eigenvalue weighted by atomic mass is 16.7. The molecular weight excluding hydrogens is 310 g/mol. The Hall–Kier alpha value is -2.01. The molecular formula is C13H21N3O7. The molecule has 0 spiro atoms. The van der Waals surface area contributed by atoms with Gasteiger partial charge in [0.2, 0.25) is 5.91 Å². The maximum absolute atomic E-state index is 11.9. The lowest BCUT2D eigenvalue weighted by atomic mass is 10.4. The number of aromatic nitrogens is 2. The standard InChI is InChI=1S/C13H21N3O7/c1-9(17)15-22-7-10(6-20-2)23-12(8-21-3)16-5-4-11(18)14-13(16)19/h4-5,10,12H,6-8H2,1-3H3,(H,15,17)(H,14,18,19)/t10-,12+/m0/s1. The molecule has 23 heavy (non-hydrogen) atoms. The van der Waals surface area contributed by atoms with Crippen molar-refractivity contribution in [1.82, 2.24) is 15.0 Å². The lowest BCUT2D eigenvalue weighted by molar-refractivity contribution is -0.152. The Morgan fingerprint density at radius 3 is 2.52 bits per heavy atom. The van der Waals surface area contributed by atoms with Gasteiger partial charge in [-0.15, -0.1) is 0 Å². The van der Waals surface area contributed by atoms with Crippen molar-refractivity contribution in [2.24, 2.45) is 0 Å². The highest BCUT2D eigenvalue weighted by Crippen LogP contribution is 2.10. The Kier molecular flexibility index (Phi) is 8.19. The van der Waals surface area contributed by atoms with Gasteiger partial charge in [-0.3, -0.25) is 24.0 Å². The van der Waals surface area contributed by atoms with Crippen LogP contribution in [0.5, 0.6) is 0 Å². The number of hydrogen-bond acceptors (Lipinski definition) is 7. The van der Waals surface area contributed by atoms with Crippen molar-refractivity contribution < 1.29 is 23.8 Å². The molecule has 1 rings (SSSR count). The van der Waals surface area contributed by atoms with Crippen LogP contribution in [0, 0.1) is 0 Å². The van der Waals surface area contributed by atoms with E-state index in [0.717, 1.165) is 0 Å². The molecule has 0 saturated carbocycles. The lowest BCUT2D eigenvalue weighted by Gasteiger charge is -2.25. The third kappa shape index (κ3) is 6.74. The zero-order valence-electron chi connectivity index (χ0n) is 13.2. The Morgan fingerprint density at radius 1 is 1.26 bits per heavy atom.